The lowest BCUT2D eigenvalue weighted by molar-refractivity contribution is -0.163. The maximum absolute atomic E-state index is 14.8. The molecule has 7 atom stereocenters. The Morgan fingerprint density at radius 2 is 1.11 bits per heavy atom. The number of nitrogens with one attached hydrogen (secondary N) is 6. The summed E-state index contributed by atoms with van der Waals surface area (Å²) in [5, 5.41) is 16.8. The van der Waals surface area contributed by atoms with Crippen molar-refractivity contribution in [1.29, 1.82) is 0 Å². The van der Waals surface area contributed by atoms with Gasteiger partial charge in [-0.3, -0.25) is 28.8 Å². The maximum atomic E-state index is 14.8. The van der Waals surface area contributed by atoms with Crippen molar-refractivity contribution in [2.45, 2.75) is 134 Å². The van der Waals surface area contributed by atoms with Gasteiger partial charge in [0.15, 0.2) is 0 Å². The van der Waals surface area contributed by atoms with Crippen molar-refractivity contribution < 1.29 is 47.8 Å². The number of amides is 7. The van der Waals surface area contributed by atoms with Crippen LogP contribution in [0.25, 0.3) is 11.1 Å². The molecule has 1 saturated heterocycles. The highest BCUT2D eigenvalue weighted by Crippen LogP contribution is 2.44. The van der Waals surface area contributed by atoms with E-state index in [4.69, 9.17) is 9.47 Å². The van der Waals surface area contributed by atoms with Crippen molar-refractivity contribution in [1.82, 2.24) is 36.8 Å². The van der Waals surface area contributed by atoms with E-state index in [2.05, 4.69) is 31.9 Å². The molecule has 0 spiro atoms. The number of alkyl carbamates (subject to hydrolysis) is 1. The van der Waals surface area contributed by atoms with Gasteiger partial charge in [0.1, 0.15) is 54.0 Å². The molecule has 7 rings (SSSR count). The number of rotatable bonds is 24. The highest BCUT2D eigenvalue weighted by atomic mass is 32.2. The molecule has 0 saturated carbocycles. The zero-order valence-electron chi connectivity index (χ0n) is 48.0. The maximum Gasteiger partial charge on any atom is 0.407 e. The van der Waals surface area contributed by atoms with Crippen LogP contribution in [0.1, 0.15) is 114 Å². The second kappa shape index (κ2) is 28.1. The number of carbonyl (C=O) groups is 8. The number of likely N-dealkylation sites (tertiary alicyclic amines) is 1. The van der Waals surface area contributed by atoms with E-state index in [1.54, 1.807) is 20.8 Å². The molecule has 0 aromatic heterocycles. The smallest absolute Gasteiger partial charge is 0.407 e. The third-order valence-electron chi connectivity index (χ3n) is 15.0. The summed E-state index contributed by atoms with van der Waals surface area (Å²) in [5.74, 6) is -4.76. The van der Waals surface area contributed by atoms with Gasteiger partial charge < -0.3 is 46.3 Å². The van der Waals surface area contributed by atoms with E-state index in [9.17, 15) is 38.4 Å². The van der Waals surface area contributed by atoms with E-state index in [1.807, 2.05) is 160 Å². The summed E-state index contributed by atoms with van der Waals surface area (Å²) in [4.78, 5) is 114. The molecule has 1 aliphatic heterocycles. The highest BCUT2D eigenvalue weighted by molar-refractivity contribution is 7.98. The molecule has 1 heterocycles. The minimum absolute atomic E-state index is 0.0798. The lowest BCUT2D eigenvalue weighted by Crippen LogP contribution is -2.59. The molecule has 0 radical (unpaired) electrons. The number of esters is 1. The Morgan fingerprint density at radius 1 is 0.622 bits per heavy atom. The first-order valence-electron chi connectivity index (χ1n) is 28.1. The van der Waals surface area contributed by atoms with Crippen LogP contribution in [0, 0.1) is 5.92 Å². The van der Waals surface area contributed by atoms with Gasteiger partial charge >= 0.3 is 12.1 Å². The van der Waals surface area contributed by atoms with Crippen LogP contribution >= 0.6 is 11.8 Å². The van der Waals surface area contributed by atoms with Crippen LogP contribution in [0.15, 0.2) is 140 Å². The molecule has 17 nitrogen and oxygen atoms in total. The fraction of sp³-hybridized carbons (Fsp3) is 0.406. The van der Waals surface area contributed by atoms with Gasteiger partial charge in [-0.05, 0) is 111 Å². The average Bonchev–Trinajstić information content (AvgIpc) is 3.61. The standard InChI is InChI=1S/C64H77N7O10S/c1-9-40(2)55(60(77)71-36-23-34-53(71)61(78)81-63(5,6)7)69-57(74)42(4)65-58(75)51(35-37-82-8)67-56(73)41(3)66-59(76)52(68-62(79)80-39-50-48-32-21-19-30-46(48)47-31-20-22-33-49(47)50)38-54(72)70-64(43-24-13-10-14-25-43,44-26-15-11-16-27-44)45-28-17-12-18-29-45/h10-22,24-33,40-42,50-53,55H,9,23,34-39H2,1-8H3,(H,65,75)(H,66,76)(H,67,73)(H,68,79)(H,69,74)(H,70,72)/t40-,41-,42-,51-,52-,53-,55-/m0/s1. The Morgan fingerprint density at radius 3 is 1.61 bits per heavy atom. The fourth-order valence-corrected chi connectivity index (χ4v) is 11.0. The number of hydrogen-bond acceptors (Lipinski definition) is 11. The second-order valence-corrected chi connectivity index (χ2v) is 23.0. The van der Waals surface area contributed by atoms with Gasteiger partial charge in [-0.15, -0.1) is 0 Å². The molecular formula is C64H77N7O10S. The number of hydrogen-bond donors (Lipinski definition) is 6. The Balaban J connectivity index is 1.07. The average molecular weight is 1140 g/mol. The first-order valence-corrected chi connectivity index (χ1v) is 29.5. The summed E-state index contributed by atoms with van der Waals surface area (Å²) < 4.78 is 11.5. The first kappa shape index (κ1) is 61.6. The van der Waals surface area contributed by atoms with Gasteiger partial charge in [-0.2, -0.15) is 11.8 Å². The lowest BCUT2D eigenvalue weighted by atomic mass is 9.77. The number of benzene rings is 5. The van der Waals surface area contributed by atoms with E-state index in [0.717, 1.165) is 38.9 Å². The molecule has 7 amide bonds. The van der Waals surface area contributed by atoms with Crippen LogP contribution in [0.2, 0.25) is 0 Å². The van der Waals surface area contributed by atoms with Gasteiger partial charge in [0.05, 0.1) is 6.42 Å². The van der Waals surface area contributed by atoms with Crippen molar-refractivity contribution in [2.75, 3.05) is 25.2 Å². The Bertz CT molecular complexity index is 2910. The topological polar surface area (TPSA) is 230 Å². The molecule has 5 aromatic carbocycles. The minimum atomic E-state index is -1.58. The molecule has 1 aliphatic carbocycles. The van der Waals surface area contributed by atoms with E-state index in [0.29, 0.717) is 31.6 Å². The molecule has 1 fully saturated rings. The predicted molar refractivity (Wildman–Crippen MR) is 316 cm³/mol. The zero-order chi connectivity index (χ0) is 59.1. The Hall–Kier alpha value is -7.99. The zero-order valence-corrected chi connectivity index (χ0v) is 48.8. The van der Waals surface area contributed by atoms with Gasteiger partial charge in [0.2, 0.25) is 35.4 Å². The summed E-state index contributed by atoms with van der Waals surface area (Å²) in [6.45, 7) is 12.1. The van der Waals surface area contributed by atoms with Crippen molar-refractivity contribution in [3.05, 3.63) is 167 Å². The molecule has 0 unspecified atom stereocenters. The first-order chi connectivity index (χ1) is 39.3. The lowest BCUT2D eigenvalue weighted by Gasteiger charge is -2.37. The minimum Gasteiger partial charge on any atom is -0.458 e. The summed E-state index contributed by atoms with van der Waals surface area (Å²) >= 11 is 1.43. The van der Waals surface area contributed by atoms with Crippen molar-refractivity contribution in [3.8, 4) is 11.1 Å². The molecule has 0 bridgehead atoms. The summed E-state index contributed by atoms with van der Waals surface area (Å²) in [7, 11) is 0. The van der Waals surface area contributed by atoms with E-state index in [1.165, 1.54) is 30.5 Å². The van der Waals surface area contributed by atoms with Crippen LogP contribution < -0.4 is 31.9 Å². The summed E-state index contributed by atoms with van der Waals surface area (Å²) in [5.41, 5.74) is 4.15. The van der Waals surface area contributed by atoms with Crippen molar-refractivity contribution in [2.24, 2.45) is 5.92 Å². The Labute approximate surface area is 485 Å². The van der Waals surface area contributed by atoms with Crippen LogP contribution in [0.4, 0.5) is 4.79 Å². The van der Waals surface area contributed by atoms with Gasteiger partial charge in [-0.25, -0.2) is 9.59 Å². The van der Waals surface area contributed by atoms with E-state index < -0.39 is 101 Å². The number of ether oxygens (including phenoxy) is 2. The van der Waals surface area contributed by atoms with Crippen LogP contribution in [-0.4, -0.2) is 119 Å². The molecule has 82 heavy (non-hydrogen) atoms. The molecular weight excluding hydrogens is 1060 g/mol. The highest BCUT2D eigenvalue weighted by Gasteiger charge is 2.43. The second-order valence-electron chi connectivity index (χ2n) is 22.0. The van der Waals surface area contributed by atoms with Crippen LogP contribution in [0.3, 0.4) is 0 Å². The molecule has 2 aliphatic rings. The van der Waals surface area contributed by atoms with Gasteiger partial charge in [0.25, 0.3) is 0 Å². The fourth-order valence-electron chi connectivity index (χ4n) is 10.6. The molecule has 6 N–H and O–H groups in total. The summed E-state index contributed by atoms with van der Waals surface area (Å²) in [6.07, 6.45) is 1.94. The number of carbonyl (C=O) groups excluding carboxylic acids is 8. The number of thioether (sulfide) groups is 1. The van der Waals surface area contributed by atoms with Crippen LogP contribution in [0.5, 0.6) is 0 Å². The number of nitrogens with zero attached hydrogens (tertiary/aromatic N) is 1. The van der Waals surface area contributed by atoms with Crippen molar-refractivity contribution >= 4 is 59.3 Å². The largest absolute Gasteiger partial charge is 0.458 e. The number of fused-ring (bicyclic) bond motifs is 3. The van der Waals surface area contributed by atoms with Gasteiger partial charge in [0, 0.05) is 12.5 Å². The van der Waals surface area contributed by atoms with E-state index in [-0.39, 0.29) is 24.9 Å². The summed E-state index contributed by atoms with van der Waals surface area (Å²) in [6, 6.07) is 36.9. The molecule has 18 heteroatoms. The van der Waals surface area contributed by atoms with Gasteiger partial charge in [-0.1, -0.05) is 160 Å². The quantitative estimate of drug-likeness (QED) is 0.0262. The van der Waals surface area contributed by atoms with Crippen LogP contribution in [-0.2, 0) is 48.6 Å². The third kappa shape index (κ3) is 15.1. The van der Waals surface area contributed by atoms with Crippen molar-refractivity contribution in [3.63, 3.8) is 0 Å². The third-order valence-corrected chi connectivity index (χ3v) is 15.7. The SMILES string of the molecule is CC[C@H](C)[C@H](NC(=O)[C@H](C)NC(=O)[C@H](CCSC)NC(=O)[C@H](C)NC(=O)[C@H](CC(=O)NC(c1ccccc1)(c1ccccc1)c1ccccc1)NC(=O)OCC1c2ccccc2-c2ccccc21)C(=O)N1CCC[C@H]1C(=O)OC(C)(C)C. The monoisotopic (exact) mass is 1140 g/mol. The molecule has 434 valence electrons. The normalized spacial score (nSPS) is 16.1. The Kier molecular flexibility index (Phi) is 21.1. The van der Waals surface area contributed by atoms with E-state index >= 15 is 0 Å². The predicted octanol–water partition coefficient (Wildman–Crippen LogP) is 7.50. The molecule has 5 aromatic rings.